The topological polar surface area (TPSA) is 108 Å². The first-order chi connectivity index (χ1) is 15.0. The zero-order valence-electron chi connectivity index (χ0n) is 16.9. The molecule has 0 unspecified atom stereocenters. The highest BCUT2D eigenvalue weighted by Crippen LogP contribution is 2.40. The Morgan fingerprint density at radius 3 is 2.84 bits per heavy atom. The van der Waals surface area contributed by atoms with E-state index in [1.165, 1.54) is 6.07 Å². The maximum atomic E-state index is 14.4. The Balaban J connectivity index is 1.75. The number of anilines is 1. The van der Waals surface area contributed by atoms with Crippen molar-refractivity contribution in [1.82, 2.24) is 19.9 Å². The van der Waals surface area contributed by atoms with Gasteiger partial charge in [0.2, 0.25) is 0 Å². The molecular weight excluding hydrogens is 393 g/mol. The van der Waals surface area contributed by atoms with Gasteiger partial charge in [0, 0.05) is 43.3 Å². The fourth-order valence-corrected chi connectivity index (χ4v) is 4.15. The predicted octanol–water partition coefficient (Wildman–Crippen LogP) is 3.54. The van der Waals surface area contributed by atoms with Gasteiger partial charge in [0.25, 0.3) is 0 Å². The van der Waals surface area contributed by atoms with Crippen LogP contribution < -0.4 is 10.6 Å². The summed E-state index contributed by atoms with van der Waals surface area (Å²) in [7, 11) is 0. The highest BCUT2D eigenvalue weighted by Gasteiger charge is 2.26. The van der Waals surface area contributed by atoms with Crippen molar-refractivity contribution in [3.8, 4) is 28.6 Å². The van der Waals surface area contributed by atoms with Gasteiger partial charge in [0.15, 0.2) is 0 Å². The van der Waals surface area contributed by atoms with Crippen LogP contribution in [-0.2, 0) is 0 Å². The number of hydrogen-bond donors (Lipinski definition) is 2. The van der Waals surface area contributed by atoms with Gasteiger partial charge in [0.05, 0.1) is 16.8 Å². The van der Waals surface area contributed by atoms with E-state index < -0.39 is 0 Å². The van der Waals surface area contributed by atoms with Crippen molar-refractivity contribution in [2.45, 2.75) is 19.4 Å². The lowest BCUT2D eigenvalue weighted by atomic mass is 10.0. The smallest absolute Gasteiger partial charge is 0.148 e. The molecule has 0 amide bonds. The summed E-state index contributed by atoms with van der Waals surface area (Å²) >= 11 is 0. The van der Waals surface area contributed by atoms with Gasteiger partial charge in [-0.15, -0.1) is 0 Å². The Hall–Kier alpha value is -3.83. The summed E-state index contributed by atoms with van der Waals surface area (Å²) in [6, 6.07) is 8.90. The van der Waals surface area contributed by atoms with Gasteiger partial charge in [-0.05, 0) is 42.7 Å². The number of aromatic amines is 1. The number of aryl methyl sites for hydroxylation is 1. The Morgan fingerprint density at radius 1 is 1.26 bits per heavy atom. The summed E-state index contributed by atoms with van der Waals surface area (Å²) in [5.41, 5.74) is 11.7. The second kappa shape index (κ2) is 7.45. The minimum Gasteiger partial charge on any atom is -0.369 e. The van der Waals surface area contributed by atoms with E-state index in [0.717, 1.165) is 40.9 Å². The highest BCUT2D eigenvalue weighted by molar-refractivity contribution is 5.91. The van der Waals surface area contributed by atoms with Crippen LogP contribution in [0.4, 0.5) is 10.1 Å². The van der Waals surface area contributed by atoms with Crippen molar-refractivity contribution in [1.29, 1.82) is 5.26 Å². The normalized spacial score (nSPS) is 16.1. The lowest BCUT2D eigenvalue weighted by molar-refractivity contribution is 0.637. The first kappa shape index (κ1) is 19.2. The average Bonchev–Trinajstić information content (AvgIpc) is 3.43. The van der Waals surface area contributed by atoms with Crippen molar-refractivity contribution in [2.24, 2.45) is 5.73 Å². The van der Waals surface area contributed by atoms with Gasteiger partial charge in [0.1, 0.15) is 28.9 Å². The summed E-state index contributed by atoms with van der Waals surface area (Å²) in [6.45, 7) is 3.38. The molecule has 1 atom stereocenters. The van der Waals surface area contributed by atoms with Gasteiger partial charge in [-0.25, -0.2) is 14.4 Å². The quantitative estimate of drug-likeness (QED) is 0.532. The fourth-order valence-electron chi connectivity index (χ4n) is 4.15. The Bertz CT molecular complexity index is 1300. The minimum absolute atomic E-state index is 0.0661. The maximum Gasteiger partial charge on any atom is 0.148 e. The number of nitrogens with zero attached hydrogens (tertiary/aromatic N) is 5. The number of fused-ring (bicyclic) bond motifs is 1. The number of nitrogens with two attached hydrogens (primary N) is 1. The first-order valence-corrected chi connectivity index (χ1v) is 10.1. The largest absolute Gasteiger partial charge is 0.369 e. The molecule has 4 aromatic rings. The zero-order chi connectivity index (χ0) is 21.5. The number of pyridine rings is 2. The molecule has 0 aliphatic carbocycles. The average molecular weight is 413 g/mol. The van der Waals surface area contributed by atoms with Gasteiger partial charge in [-0.2, -0.15) is 5.26 Å². The van der Waals surface area contributed by atoms with Crippen molar-refractivity contribution in [3.63, 3.8) is 0 Å². The van der Waals surface area contributed by atoms with Gasteiger partial charge in [-0.1, -0.05) is 6.07 Å². The number of rotatable bonds is 3. The lowest BCUT2D eigenvalue weighted by Gasteiger charge is -2.24. The molecule has 8 heteroatoms. The molecule has 154 valence electrons. The maximum absolute atomic E-state index is 14.4. The van der Waals surface area contributed by atoms with Gasteiger partial charge in [-0.3, -0.25) is 4.98 Å². The van der Waals surface area contributed by atoms with Crippen LogP contribution in [0.15, 0.2) is 42.9 Å². The third-order valence-corrected chi connectivity index (χ3v) is 5.69. The van der Waals surface area contributed by atoms with E-state index in [1.807, 2.05) is 13.0 Å². The Kier molecular flexibility index (Phi) is 4.60. The van der Waals surface area contributed by atoms with E-state index in [2.05, 4.69) is 25.9 Å². The van der Waals surface area contributed by atoms with Crippen molar-refractivity contribution in [2.75, 3.05) is 18.0 Å². The fraction of sp³-hybridized carbons (Fsp3) is 0.217. The Labute approximate surface area is 178 Å². The van der Waals surface area contributed by atoms with E-state index in [-0.39, 0.29) is 11.9 Å². The summed E-state index contributed by atoms with van der Waals surface area (Å²) < 4.78 is 14.4. The number of halogens is 1. The summed E-state index contributed by atoms with van der Waals surface area (Å²) in [5.74, 6) is 0.198. The van der Waals surface area contributed by atoms with E-state index in [4.69, 9.17) is 10.7 Å². The van der Waals surface area contributed by atoms with Crippen LogP contribution in [0.1, 0.15) is 17.7 Å². The number of benzene rings is 1. The monoisotopic (exact) mass is 413 g/mol. The van der Waals surface area contributed by atoms with Gasteiger partial charge < -0.3 is 15.6 Å². The molecule has 0 radical (unpaired) electrons. The minimum atomic E-state index is -0.346. The van der Waals surface area contributed by atoms with E-state index in [1.54, 1.807) is 30.7 Å². The van der Waals surface area contributed by atoms with Crippen molar-refractivity contribution in [3.05, 3.63) is 59.9 Å². The first-order valence-electron chi connectivity index (χ1n) is 10.1. The molecule has 1 aliphatic heterocycles. The van der Waals surface area contributed by atoms with Crippen LogP contribution in [0.2, 0.25) is 0 Å². The highest BCUT2D eigenvalue weighted by atomic mass is 19.1. The predicted molar refractivity (Wildman–Crippen MR) is 117 cm³/mol. The molecule has 3 aromatic heterocycles. The van der Waals surface area contributed by atoms with Crippen LogP contribution in [-0.4, -0.2) is 39.1 Å². The summed E-state index contributed by atoms with van der Waals surface area (Å²) in [6.07, 6.45) is 5.99. The third-order valence-electron chi connectivity index (χ3n) is 5.69. The molecule has 0 saturated carbocycles. The molecule has 0 spiro atoms. The number of nitrogens with one attached hydrogen (secondary N) is 1. The molecule has 1 aromatic carbocycles. The molecule has 1 aliphatic rings. The van der Waals surface area contributed by atoms with Crippen LogP contribution in [0.25, 0.3) is 33.5 Å². The van der Waals surface area contributed by atoms with Crippen molar-refractivity contribution < 1.29 is 4.39 Å². The number of nitriles is 1. The molecular formula is C23H20FN7. The van der Waals surface area contributed by atoms with E-state index in [9.17, 15) is 9.65 Å². The number of H-pyrrole nitrogens is 1. The molecule has 3 N–H and O–H groups in total. The lowest BCUT2D eigenvalue weighted by Crippen LogP contribution is -2.27. The van der Waals surface area contributed by atoms with Crippen LogP contribution in [0.5, 0.6) is 0 Å². The molecule has 1 fully saturated rings. The number of imidazole rings is 1. The molecule has 1 saturated heterocycles. The Morgan fingerprint density at radius 2 is 2.10 bits per heavy atom. The van der Waals surface area contributed by atoms with Crippen LogP contribution in [0, 0.1) is 24.1 Å². The molecule has 7 nitrogen and oxygen atoms in total. The molecule has 4 heterocycles. The van der Waals surface area contributed by atoms with E-state index in [0.29, 0.717) is 29.1 Å². The molecule has 5 rings (SSSR count). The number of aromatic nitrogens is 4. The SMILES string of the molecule is Cc1ccc(F)c2[nH]c(-c3cncc(-c4ccnc(C#N)c4)c3N3CC[C@H](N)C3)nc12. The second-order valence-electron chi connectivity index (χ2n) is 7.79. The summed E-state index contributed by atoms with van der Waals surface area (Å²) in [5, 5.41) is 9.28. The van der Waals surface area contributed by atoms with Gasteiger partial charge >= 0.3 is 0 Å². The molecule has 0 bridgehead atoms. The standard InChI is InChI=1S/C23H20FN7/c1-13-2-3-19(24)21-20(13)29-23(30-21)18-11-27-10-17(14-4-6-28-16(8-14)9-25)22(18)31-7-5-15(26)12-31/h2-4,6,8,10-11,15H,5,7,12,26H2,1H3,(H,29,30)/t15-/m0/s1. The number of hydrogen-bond acceptors (Lipinski definition) is 6. The summed E-state index contributed by atoms with van der Waals surface area (Å²) in [4.78, 5) is 18.6. The van der Waals surface area contributed by atoms with Crippen molar-refractivity contribution >= 4 is 16.7 Å². The zero-order valence-corrected chi connectivity index (χ0v) is 16.9. The second-order valence-corrected chi connectivity index (χ2v) is 7.79. The van der Waals surface area contributed by atoms with E-state index >= 15 is 0 Å². The van der Waals surface area contributed by atoms with Crippen LogP contribution in [0.3, 0.4) is 0 Å². The third kappa shape index (κ3) is 3.29. The van der Waals surface area contributed by atoms with Crippen LogP contribution >= 0.6 is 0 Å². The molecule has 31 heavy (non-hydrogen) atoms.